The van der Waals surface area contributed by atoms with Gasteiger partial charge in [0, 0.05) is 10.4 Å². The third-order valence-corrected chi connectivity index (χ3v) is 7.22. The van der Waals surface area contributed by atoms with E-state index in [1.54, 1.807) is 12.3 Å². The molecule has 164 valence electrons. The van der Waals surface area contributed by atoms with E-state index in [0.29, 0.717) is 16.7 Å². The van der Waals surface area contributed by atoms with Crippen molar-refractivity contribution in [1.29, 1.82) is 0 Å². The third-order valence-electron chi connectivity index (χ3n) is 5.12. The molecule has 0 spiro atoms. The summed E-state index contributed by atoms with van der Waals surface area (Å²) in [7, 11) is 0. The number of hydrogen-bond donors (Lipinski definition) is 0. The molecule has 0 unspecified atom stereocenters. The van der Waals surface area contributed by atoms with Crippen LogP contribution in [0.4, 0.5) is 0 Å². The molecule has 1 aromatic heterocycles. The summed E-state index contributed by atoms with van der Waals surface area (Å²) in [6, 6.07) is 9.59. The Labute approximate surface area is 218 Å². The van der Waals surface area contributed by atoms with E-state index in [9.17, 15) is 4.79 Å². The van der Waals surface area contributed by atoms with Gasteiger partial charge in [-0.1, -0.05) is 36.7 Å². The van der Waals surface area contributed by atoms with Crippen LogP contribution in [-0.2, 0) is 0 Å². The molecule has 0 saturated heterocycles. The van der Waals surface area contributed by atoms with Gasteiger partial charge in [0.25, 0.3) is 5.56 Å². The zero-order valence-electron chi connectivity index (χ0n) is 17.8. The highest BCUT2D eigenvalue weighted by Gasteiger charge is 2.16. The summed E-state index contributed by atoms with van der Waals surface area (Å²) in [5.41, 5.74) is 1.42. The Kier molecular flexibility index (Phi) is 8.53. The van der Waals surface area contributed by atoms with Crippen molar-refractivity contribution < 1.29 is 4.74 Å². The maximum Gasteiger partial charge on any atom is 0.282 e. The monoisotopic (exact) mass is 707 g/mol. The molecule has 8 heteroatoms. The summed E-state index contributed by atoms with van der Waals surface area (Å²) in [6.07, 6.45) is 3.68. The molecule has 2 atom stereocenters. The van der Waals surface area contributed by atoms with Crippen molar-refractivity contribution >= 4 is 78.2 Å². The van der Waals surface area contributed by atoms with Crippen LogP contribution in [0.3, 0.4) is 0 Å². The molecule has 0 aliphatic heterocycles. The second-order valence-electron chi connectivity index (χ2n) is 7.45. The molecular formula is C23H24BrI2N3O2. The highest BCUT2D eigenvalue weighted by molar-refractivity contribution is 14.1. The van der Waals surface area contributed by atoms with Crippen molar-refractivity contribution in [2.24, 2.45) is 5.10 Å². The lowest BCUT2D eigenvalue weighted by molar-refractivity contribution is 0.214. The lowest BCUT2D eigenvalue weighted by Crippen LogP contribution is -2.23. The molecule has 0 saturated carbocycles. The van der Waals surface area contributed by atoms with E-state index in [2.05, 4.69) is 93.9 Å². The molecule has 31 heavy (non-hydrogen) atoms. The number of aromatic nitrogens is 2. The van der Waals surface area contributed by atoms with Gasteiger partial charge in [-0.25, -0.2) is 4.98 Å². The first-order valence-electron chi connectivity index (χ1n) is 10.2. The van der Waals surface area contributed by atoms with Gasteiger partial charge in [0.1, 0.15) is 11.6 Å². The molecule has 1 heterocycles. The van der Waals surface area contributed by atoms with Crippen molar-refractivity contribution in [3.63, 3.8) is 0 Å². The predicted molar refractivity (Wildman–Crippen MR) is 148 cm³/mol. The van der Waals surface area contributed by atoms with Gasteiger partial charge in [0.05, 0.1) is 30.4 Å². The second kappa shape index (κ2) is 10.7. The van der Waals surface area contributed by atoms with E-state index < -0.39 is 0 Å². The lowest BCUT2D eigenvalue weighted by Gasteiger charge is -2.16. The third kappa shape index (κ3) is 5.68. The Morgan fingerprint density at radius 2 is 1.84 bits per heavy atom. The summed E-state index contributed by atoms with van der Waals surface area (Å²) in [4.78, 5) is 18.0. The number of ether oxygens (including phenoxy) is 1. The van der Waals surface area contributed by atoms with E-state index in [-0.39, 0.29) is 17.6 Å². The molecular weight excluding hydrogens is 684 g/mol. The maximum atomic E-state index is 13.3. The molecule has 3 aromatic rings. The van der Waals surface area contributed by atoms with Gasteiger partial charge in [0.15, 0.2) is 0 Å². The van der Waals surface area contributed by atoms with Gasteiger partial charge in [0.2, 0.25) is 0 Å². The molecule has 0 aliphatic carbocycles. The minimum Gasteiger partial charge on any atom is -0.489 e. The fraction of sp³-hybridized carbons (Fsp3) is 0.348. The van der Waals surface area contributed by atoms with Gasteiger partial charge in [-0.3, -0.25) is 4.79 Å². The van der Waals surface area contributed by atoms with E-state index in [4.69, 9.17) is 9.72 Å². The van der Waals surface area contributed by atoms with Crippen LogP contribution in [0.5, 0.6) is 5.75 Å². The van der Waals surface area contributed by atoms with Crippen LogP contribution in [0.2, 0.25) is 0 Å². The van der Waals surface area contributed by atoms with E-state index in [0.717, 1.165) is 35.8 Å². The van der Waals surface area contributed by atoms with Crippen molar-refractivity contribution in [2.45, 2.75) is 52.6 Å². The molecule has 0 amide bonds. The van der Waals surface area contributed by atoms with Crippen molar-refractivity contribution in [3.8, 4) is 5.75 Å². The number of rotatable bonds is 7. The first kappa shape index (κ1) is 24.6. The molecule has 0 aliphatic rings. The van der Waals surface area contributed by atoms with Crippen LogP contribution in [0.25, 0.3) is 10.9 Å². The quantitative estimate of drug-likeness (QED) is 0.198. The Bertz CT molecular complexity index is 1170. The van der Waals surface area contributed by atoms with Crippen molar-refractivity contribution in [1.82, 2.24) is 9.66 Å². The number of hydrogen-bond acceptors (Lipinski definition) is 4. The molecule has 2 aromatic carbocycles. The summed E-state index contributed by atoms with van der Waals surface area (Å²) >= 11 is 8.01. The minimum atomic E-state index is -0.168. The molecule has 0 N–H and O–H groups in total. The van der Waals surface area contributed by atoms with Crippen LogP contribution in [-0.4, -0.2) is 22.0 Å². The van der Waals surface area contributed by atoms with E-state index in [1.807, 2.05) is 24.3 Å². The fourth-order valence-electron chi connectivity index (χ4n) is 2.95. The standard InChI is InChI=1S/C23H24BrI2N3O2/c1-5-13(3)22-28-20-8-7-16(24)11-17(20)23(30)29(22)27-12-15-9-18(25)21(19(26)10-15)31-14(4)6-2/h7-14H,5-6H2,1-4H3/t13-,14+/m1/s1. The van der Waals surface area contributed by atoms with E-state index in [1.165, 1.54) is 4.68 Å². The lowest BCUT2D eigenvalue weighted by atomic mass is 10.1. The normalized spacial score (nSPS) is 13.6. The van der Waals surface area contributed by atoms with Gasteiger partial charge in [-0.05, 0) is 101 Å². The number of benzene rings is 2. The van der Waals surface area contributed by atoms with Gasteiger partial charge < -0.3 is 4.74 Å². The average molecular weight is 708 g/mol. The smallest absolute Gasteiger partial charge is 0.282 e. The Hall–Kier alpha value is -1.01. The number of halogens is 3. The van der Waals surface area contributed by atoms with Gasteiger partial charge >= 0.3 is 0 Å². The van der Waals surface area contributed by atoms with Crippen molar-refractivity contribution in [2.75, 3.05) is 0 Å². The first-order valence-corrected chi connectivity index (χ1v) is 13.1. The van der Waals surface area contributed by atoms with Gasteiger partial charge in [-0.15, -0.1) is 0 Å². The molecule has 0 fully saturated rings. The molecule has 3 rings (SSSR count). The highest BCUT2D eigenvalue weighted by Crippen LogP contribution is 2.30. The highest BCUT2D eigenvalue weighted by atomic mass is 127. The van der Waals surface area contributed by atoms with Crippen molar-refractivity contribution in [3.05, 3.63) is 63.7 Å². The minimum absolute atomic E-state index is 0.101. The predicted octanol–water partition coefficient (Wildman–Crippen LogP) is 6.94. The van der Waals surface area contributed by atoms with Crippen LogP contribution in [0, 0.1) is 7.14 Å². The number of fused-ring (bicyclic) bond motifs is 1. The SMILES string of the molecule is CC[C@@H](C)c1nc2ccc(Br)cc2c(=O)n1N=Cc1cc(I)c(O[C@@H](C)CC)c(I)c1. The summed E-state index contributed by atoms with van der Waals surface area (Å²) in [5, 5.41) is 5.11. The Morgan fingerprint density at radius 1 is 1.16 bits per heavy atom. The summed E-state index contributed by atoms with van der Waals surface area (Å²) < 4.78 is 10.4. The largest absolute Gasteiger partial charge is 0.489 e. The van der Waals surface area contributed by atoms with E-state index >= 15 is 0 Å². The maximum absolute atomic E-state index is 13.3. The van der Waals surface area contributed by atoms with Gasteiger partial charge in [-0.2, -0.15) is 9.78 Å². The molecule has 0 radical (unpaired) electrons. The first-order chi connectivity index (χ1) is 14.7. The topological polar surface area (TPSA) is 56.5 Å². The van der Waals surface area contributed by atoms with Crippen LogP contribution in [0.1, 0.15) is 57.8 Å². The second-order valence-corrected chi connectivity index (χ2v) is 10.7. The molecule has 0 bridgehead atoms. The van der Waals surface area contributed by atoms with Crippen LogP contribution in [0.15, 0.2) is 44.7 Å². The average Bonchev–Trinajstić information content (AvgIpc) is 2.75. The number of nitrogens with zero attached hydrogens (tertiary/aromatic N) is 3. The fourth-order valence-corrected chi connectivity index (χ4v) is 5.39. The Morgan fingerprint density at radius 3 is 2.45 bits per heavy atom. The Balaban J connectivity index is 2.08. The zero-order valence-corrected chi connectivity index (χ0v) is 23.7. The summed E-state index contributed by atoms with van der Waals surface area (Å²) in [6.45, 7) is 8.31. The zero-order chi connectivity index (χ0) is 22.7. The van der Waals surface area contributed by atoms with Crippen LogP contribution < -0.4 is 10.3 Å². The van der Waals surface area contributed by atoms with Crippen LogP contribution >= 0.6 is 61.1 Å². The summed E-state index contributed by atoms with van der Waals surface area (Å²) in [5.74, 6) is 1.66. The molecule has 5 nitrogen and oxygen atoms in total.